The summed E-state index contributed by atoms with van der Waals surface area (Å²) in [6.07, 6.45) is -0.403. The number of anilines is 1. The van der Waals surface area contributed by atoms with Crippen molar-refractivity contribution < 1.29 is 23.9 Å². The smallest absolute Gasteiger partial charge is 0.408 e. The van der Waals surface area contributed by atoms with Crippen LogP contribution in [0.3, 0.4) is 0 Å². The zero-order valence-electron chi connectivity index (χ0n) is 17.0. The number of hydrogen-bond donors (Lipinski definition) is 2. The zero-order valence-corrected chi connectivity index (χ0v) is 17.0. The highest BCUT2D eigenvalue weighted by molar-refractivity contribution is 5.98. The number of nitrogens with one attached hydrogen (secondary N) is 2. The van der Waals surface area contributed by atoms with Crippen LogP contribution in [0.15, 0.2) is 54.6 Å². The minimum absolute atomic E-state index is 0.280. The maximum Gasteiger partial charge on any atom is 0.408 e. The number of amides is 2. The summed E-state index contributed by atoms with van der Waals surface area (Å²) in [6, 6.07) is 14.8. The Hall–Kier alpha value is -3.35. The van der Waals surface area contributed by atoms with E-state index < -0.39 is 29.6 Å². The van der Waals surface area contributed by atoms with E-state index in [0.29, 0.717) is 11.3 Å². The molecule has 0 aliphatic carbocycles. The number of hydrogen-bond acceptors (Lipinski definition) is 5. The number of methoxy groups -OCH3 is 1. The molecule has 2 N–H and O–H groups in total. The van der Waals surface area contributed by atoms with E-state index in [1.165, 1.54) is 13.2 Å². The first-order chi connectivity index (χ1) is 13.7. The highest BCUT2D eigenvalue weighted by Crippen LogP contribution is 2.14. The Labute approximate surface area is 170 Å². The molecule has 2 aromatic carbocycles. The second-order valence-corrected chi connectivity index (χ2v) is 7.45. The number of benzene rings is 2. The van der Waals surface area contributed by atoms with E-state index in [0.717, 1.165) is 5.56 Å². The summed E-state index contributed by atoms with van der Waals surface area (Å²) in [4.78, 5) is 36.8. The molecular formula is C22H26N2O5. The van der Waals surface area contributed by atoms with Gasteiger partial charge in [0.15, 0.2) is 0 Å². The normalized spacial score (nSPS) is 11.9. The van der Waals surface area contributed by atoms with Gasteiger partial charge in [0.25, 0.3) is 0 Å². The van der Waals surface area contributed by atoms with Gasteiger partial charge in [0, 0.05) is 12.1 Å². The fourth-order valence-corrected chi connectivity index (χ4v) is 2.58. The first kappa shape index (κ1) is 21.9. The second kappa shape index (κ2) is 9.73. The fraction of sp³-hybridized carbons (Fsp3) is 0.318. The Balaban J connectivity index is 2.17. The minimum Gasteiger partial charge on any atom is -0.465 e. The van der Waals surface area contributed by atoms with E-state index >= 15 is 0 Å². The van der Waals surface area contributed by atoms with E-state index in [2.05, 4.69) is 10.6 Å². The van der Waals surface area contributed by atoms with Crippen LogP contribution in [0.25, 0.3) is 0 Å². The van der Waals surface area contributed by atoms with Crippen molar-refractivity contribution in [1.29, 1.82) is 0 Å². The van der Waals surface area contributed by atoms with Crippen LogP contribution < -0.4 is 10.6 Å². The van der Waals surface area contributed by atoms with E-state index in [9.17, 15) is 14.4 Å². The van der Waals surface area contributed by atoms with Crippen molar-refractivity contribution in [3.63, 3.8) is 0 Å². The van der Waals surface area contributed by atoms with Gasteiger partial charge in [0.1, 0.15) is 11.6 Å². The van der Waals surface area contributed by atoms with Crippen molar-refractivity contribution in [3.05, 3.63) is 65.7 Å². The van der Waals surface area contributed by atoms with Gasteiger partial charge in [-0.15, -0.1) is 0 Å². The maximum atomic E-state index is 12.9. The monoisotopic (exact) mass is 398 g/mol. The van der Waals surface area contributed by atoms with Gasteiger partial charge in [-0.2, -0.15) is 0 Å². The fourth-order valence-electron chi connectivity index (χ4n) is 2.58. The summed E-state index contributed by atoms with van der Waals surface area (Å²) in [5, 5.41) is 5.36. The lowest BCUT2D eigenvalue weighted by atomic mass is 10.1. The van der Waals surface area contributed by atoms with Crippen LogP contribution in [0.5, 0.6) is 0 Å². The summed E-state index contributed by atoms with van der Waals surface area (Å²) >= 11 is 0. The maximum absolute atomic E-state index is 12.9. The van der Waals surface area contributed by atoms with Crippen molar-refractivity contribution in [2.45, 2.75) is 38.8 Å². The lowest BCUT2D eigenvalue weighted by Gasteiger charge is -2.23. The number of alkyl carbamates (subject to hydrolysis) is 1. The molecule has 7 heteroatoms. The van der Waals surface area contributed by atoms with E-state index in [4.69, 9.17) is 9.47 Å². The standard InChI is InChI=1S/C22H26N2O5/c1-22(2,3)29-21(27)24-18(13-15-9-6-5-7-10-15)19(25)23-17-12-8-11-16(14-17)20(26)28-4/h5-12,14,18H,13H2,1-4H3,(H,23,25)(H,24,27). The van der Waals surface area contributed by atoms with Gasteiger partial charge in [0.05, 0.1) is 12.7 Å². The van der Waals surface area contributed by atoms with E-state index in [1.807, 2.05) is 30.3 Å². The third-order valence-corrected chi connectivity index (χ3v) is 3.84. The Morgan fingerprint density at radius 1 is 1.00 bits per heavy atom. The highest BCUT2D eigenvalue weighted by atomic mass is 16.6. The number of carbonyl (C=O) groups excluding carboxylic acids is 3. The van der Waals surface area contributed by atoms with Gasteiger partial charge in [-0.1, -0.05) is 36.4 Å². The lowest BCUT2D eigenvalue weighted by molar-refractivity contribution is -0.118. The van der Waals surface area contributed by atoms with Gasteiger partial charge in [-0.3, -0.25) is 4.79 Å². The van der Waals surface area contributed by atoms with Crippen LogP contribution in [0.1, 0.15) is 36.7 Å². The van der Waals surface area contributed by atoms with Crippen molar-refractivity contribution in [2.24, 2.45) is 0 Å². The van der Waals surface area contributed by atoms with Crippen LogP contribution in [0.4, 0.5) is 10.5 Å². The van der Waals surface area contributed by atoms with Crippen LogP contribution in [0, 0.1) is 0 Å². The average Bonchev–Trinajstić information content (AvgIpc) is 2.66. The lowest BCUT2D eigenvalue weighted by Crippen LogP contribution is -2.47. The molecule has 0 heterocycles. The van der Waals surface area contributed by atoms with Crippen LogP contribution in [0.2, 0.25) is 0 Å². The van der Waals surface area contributed by atoms with Crippen molar-refractivity contribution in [1.82, 2.24) is 5.32 Å². The molecule has 0 bridgehead atoms. The molecule has 0 spiro atoms. The summed E-state index contributed by atoms with van der Waals surface area (Å²) in [5.74, 6) is -0.935. The van der Waals surface area contributed by atoms with Crippen LogP contribution in [-0.2, 0) is 20.7 Å². The number of carbonyl (C=O) groups is 3. The molecule has 2 aromatic rings. The minimum atomic E-state index is -0.867. The molecule has 1 unspecified atom stereocenters. The molecule has 0 fully saturated rings. The molecule has 154 valence electrons. The molecule has 1 atom stereocenters. The third-order valence-electron chi connectivity index (χ3n) is 3.84. The SMILES string of the molecule is COC(=O)c1cccc(NC(=O)C(Cc2ccccc2)NC(=O)OC(C)(C)C)c1. The van der Waals surface area contributed by atoms with E-state index in [-0.39, 0.29) is 6.42 Å². The topological polar surface area (TPSA) is 93.7 Å². The number of ether oxygens (including phenoxy) is 2. The van der Waals surface area contributed by atoms with E-state index in [1.54, 1.807) is 39.0 Å². The molecule has 0 aliphatic rings. The number of rotatable bonds is 6. The molecular weight excluding hydrogens is 372 g/mol. The zero-order chi connectivity index (χ0) is 21.4. The van der Waals surface area contributed by atoms with Gasteiger partial charge >= 0.3 is 12.1 Å². The van der Waals surface area contributed by atoms with Gasteiger partial charge in [-0.25, -0.2) is 9.59 Å². The van der Waals surface area contributed by atoms with Gasteiger partial charge in [-0.05, 0) is 44.5 Å². The average molecular weight is 398 g/mol. The second-order valence-electron chi connectivity index (χ2n) is 7.45. The molecule has 0 saturated heterocycles. The predicted octanol–water partition coefficient (Wildman–Crippen LogP) is 3.55. The quantitative estimate of drug-likeness (QED) is 0.726. The largest absolute Gasteiger partial charge is 0.465 e. The third kappa shape index (κ3) is 7.29. The molecule has 2 rings (SSSR count). The summed E-state index contributed by atoms with van der Waals surface area (Å²) in [6.45, 7) is 5.24. The molecule has 2 amide bonds. The Kier molecular flexibility index (Phi) is 7.36. The first-order valence-corrected chi connectivity index (χ1v) is 9.20. The summed E-state index contributed by atoms with van der Waals surface area (Å²) in [5.41, 5.74) is 0.922. The van der Waals surface area contributed by atoms with Crippen molar-refractivity contribution in [2.75, 3.05) is 12.4 Å². The molecule has 0 radical (unpaired) electrons. The van der Waals surface area contributed by atoms with Gasteiger partial charge in [0.2, 0.25) is 5.91 Å². The summed E-state index contributed by atoms with van der Waals surface area (Å²) < 4.78 is 9.98. The van der Waals surface area contributed by atoms with Crippen molar-refractivity contribution >= 4 is 23.7 Å². The molecule has 0 aliphatic heterocycles. The molecule has 0 saturated carbocycles. The Morgan fingerprint density at radius 2 is 1.69 bits per heavy atom. The first-order valence-electron chi connectivity index (χ1n) is 9.20. The van der Waals surface area contributed by atoms with Crippen molar-refractivity contribution in [3.8, 4) is 0 Å². The Morgan fingerprint density at radius 3 is 2.31 bits per heavy atom. The van der Waals surface area contributed by atoms with Gasteiger partial charge < -0.3 is 20.1 Å². The molecule has 29 heavy (non-hydrogen) atoms. The summed E-state index contributed by atoms with van der Waals surface area (Å²) in [7, 11) is 1.29. The van der Waals surface area contributed by atoms with Crippen LogP contribution >= 0.6 is 0 Å². The molecule has 7 nitrogen and oxygen atoms in total. The molecule has 0 aromatic heterocycles. The predicted molar refractivity (Wildman–Crippen MR) is 110 cm³/mol. The highest BCUT2D eigenvalue weighted by Gasteiger charge is 2.25. The van der Waals surface area contributed by atoms with Crippen LogP contribution in [-0.4, -0.2) is 36.7 Å². The Bertz CT molecular complexity index is 859. The number of esters is 1.